The Labute approximate surface area is 401 Å². The number of rotatable bonds is 48. The van der Waals surface area contributed by atoms with Crippen LogP contribution in [0.1, 0.15) is 252 Å². The molecule has 0 N–H and O–H groups in total. The fourth-order valence-electron chi connectivity index (χ4n) is 7.28. The van der Waals surface area contributed by atoms with Crippen LogP contribution in [0.5, 0.6) is 0 Å². The van der Waals surface area contributed by atoms with Crippen molar-refractivity contribution in [3.05, 3.63) is 85.1 Å². The summed E-state index contributed by atoms with van der Waals surface area (Å²) in [5, 5.41) is 0. The van der Waals surface area contributed by atoms with E-state index in [0.717, 1.165) is 89.9 Å². The molecule has 0 bridgehead atoms. The Morgan fingerprint density at radius 2 is 0.631 bits per heavy atom. The molecule has 0 fully saturated rings. The van der Waals surface area contributed by atoms with E-state index in [1.807, 2.05) is 0 Å². The third kappa shape index (κ3) is 51.4. The maximum Gasteiger partial charge on any atom is 0.306 e. The summed E-state index contributed by atoms with van der Waals surface area (Å²) in [5.74, 6) is -0.970. The smallest absolute Gasteiger partial charge is 0.306 e. The van der Waals surface area contributed by atoms with Crippen molar-refractivity contribution in [2.75, 3.05) is 13.2 Å². The molecule has 6 nitrogen and oxygen atoms in total. The van der Waals surface area contributed by atoms with Crippen LogP contribution in [0.3, 0.4) is 0 Å². The van der Waals surface area contributed by atoms with Crippen LogP contribution in [0.2, 0.25) is 0 Å². The first-order chi connectivity index (χ1) is 32.0. The first-order valence-corrected chi connectivity index (χ1v) is 27.1. The molecule has 0 aromatic carbocycles. The van der Waals surface area contributed by atoms with Gasteiger partial charge < -0.3 is 14.2 Å². The Morgan fingerprint density at radius 3 is 1.06 bits per heavy atom. The molecule has 0 aromatic rings. The molecule has 0 heterocycles. The van der Waals surface area contributed by atoms with Crippen LogP contribution < -0.4 is 0 Å². The molecule has 0 aliphatic carbocycles. The van der Waals surface area contributed by atoms with Crippen molar-refractivity contribution in [2.45, 2.75) is 258 Å². The van der Waals surface area contributed by atoms with Gasteiger partial charge in [0.1, 0.15) is 13.2 Å². The number of ether oxygens (including phenoxy) is 3. The second-order valence-corrected chi connectivity index (χ2v) is 17.7. The monoisotopic (exact) mass is 905 g/mol. The summed E-state index contributed by atoms with van der Waals surface area (Å²) < 4.78 is 16.8. The summed E-state index contributed by atoms with van der Waals surface area (Å²) in [4.78, 5) is 38.0. The van der Waals surface area contributed by atoms with E-state index in [4.69, 9.17) is 14.2 Å². The molecule has 65 heavy (non-hydrogen) atoms. The summed E-state index contributed by atoms with van der Waals surface area (Å²) >= 11 is 0. The molecule has 0 amide bonds. The normalized spacial score (nSPS) is 12.7. The van der Waals surface area contributed by atoms with Crippen molar-refractivity contribution < 1.29 is 28.6 Å². The third-order valence-corrected chi connectivity index (χ3v) is 11.4. The van der Waals surface area contributed by atoms with E-state index in [9.17, 15) is 14.4 Å². The summed E-state index contributed by atoms with van der Waals surface area (Å²) in [6, 6.07) is 0. The minimum atomic E-state index is -0.803. The first kappa shape index (κ1) is 61.6. The molecule has 372 valence electrons. The highest BCUT2D eigenvalue weighted by Gasteiger charge is 2.19. The van der Waals surface area contributed by atoms with Gasteiger partial charge in [-0.3, -0.25) is 14.4 Å². The highest BCUT2D eigenvalue weighted by molar-refractivity contribution is 5.71. The second kappa shape index (κ2) is 53.2. The molecular formula is C59H100O6. The molecule has 0 spiro atoms. The molecule has 0 saturated carbocycles. The van der Waals surface area contributed by atoms with Crippen molar-refractivity contribution in [1.82, 2.24) is 0 Å². The molecule has 0 aromatic heterocycles. The van der Waals surface area contributed by atoms with E-state index in [-0.39, 0.29) is 37.5 Å². The largest absolute Gasteiger partial charge is 0.462 e. The minimum Gasteiger partial charge on any atom is -0.462 e. The van der Waals surface area contributed by atoms with Crippen LogP contribution in [0.4, 0.5) is 0 Å². The molecule has 0 radical (unpaired) electrons. The number of carbonyl (C=O) groups is 3. The van der Waals surface area contributed by atoms with Crippen LogP contribution in [0.15, 0.2) is 85.1 Å². The van der Waals surface area contributed by atoms with Crippen LogP contribution in [-0.4, -0.2) is 37.2 Å². The van der Waals surface area contributed by atoms with Gasteiger partial charge in [0, 0.05) is 19.3 Å². The molecule has 0 aliphatic rings. The van der Waals surface area contributed by atoms with Crippen molar-refractivity contribution in [2.24, 2.45) is 0 Å². The van der Waals surface area contributed by atoms with Gasteiger partial charge in [-0.05, 0) is 103 Å². The number of hydrogen-bond donors (Lipinski definition) is 0. The van der Waals surface area contributed by atoms with Crippen LogP contribution in [0.25, 0.3) is 0 Å². The van der Waals surface area contributed by atoms with E-state index in [0.29, 0.717) is 19.3 Å². The van der Waals surface area contributed by atoms with E-state index < -0.39 is 6.10 Å². The van der Waals surface area contributed by atoms with Crippen molar-refractivity contribution in [3.8, 4) is 0 Å². The number of esters is 3. The first-order valence-electron chi connectivity index (χ1n) is 27.1. The average molecular weight is 905 g/mol. The van der Waals surface area contributed by atoms with Crippen molar-refractivity contribution in [3.63, 3.8) is 0 Å². The zero-order valence-corrected chi connectivity index (χ0v) is 42.5. The van der Waals surface area contributed by atoms with Crippen LogP contribution in [0, 0.1) is 0 Å². The SMILES string of the molecule is CC/C=C\C/C=C\C/C=C\C/C=C\C/C=C\CCCC(=O)OC[C@H](COC(=O)CCCCCCC/C=C\CCCC)OC(=O)CCCCCCCCCCC/C=C\CCCCCCCC. The number of hydrogen-bond acceptors (Lipinski definition) is 6. The molecule has 0 unspecified atom stereocenters. The Hall–Kier alpha value is -3.41. The zero-order valence-electron chi connectivity index (χ0n) is 42.5. The maximum absolute atomic E-state index is 12.8. The van der Waals surface area contributed by atoms with Crippen LogP contribution in [-0.2, 0) is 28.6 Å². The lowest BCUT2D eigenvalue weighted by molar-refractivity contribution is -0.167. The van der Waals surface area contributed by atoms with Gasteiger partial charge in [0.05, 0.1) is 0 Å². The van der Waals surface area contributed by atoms with Gasteiger partial charge in [-0.2, -0.15) is 0 Å². The van der Waals surface area contributed by atoms with Gasteiger partial charge >= 0.3 is 17.9 Å². The van der Waals surface area contributed by atoms with Gasteiger partial charge in [0.15, 0.2) is 6.10 Å². The number of allylic oxidation sites excluding steroid dienone is 14. The number of unbranched alkanes of at least 4 members (excludes halogenated alkanes) is 23. The summed E-state index contributed by atoms with van der Waals surface area (Å²) in [5.41, 5.74) is 0. The summed E-state index contributed by atoms with van der Waals surface area (Å²) in [7, 11) is 0. The lowest BCUT2D eigenvalue weighted by Crippen LogP contribution is -2.30. The molecular weight excluding hydrogens is 805 g/mol. The maximum atomic E-state index is 12.8. The van der Waals surface area contributed by atoms with Gasteiger partial charge in [0.2, 0.25) is 0 Å². The minimum absolute atomic E-state index is 0.0995. The van der Waals surface area contributed by atoms with Gasteiger partial charge in [-0.1, -0.05) is 215 Å². The molecule has 0 saturated heterocycles. The highest BCUT2D eigenvalue weighted by atomic mass is 16.6. The second-order valence-electron chi connectivity index (χ2n) is 17.7. The van der Waals surface area contributed by atoms with E-state index in [1.54, 1.807) is 0 Å². The topological polar surface area (TPSA) is 78.9 Å². The van der Waals surface area contributed by atoms with Crippen molar-refractivity contribution in [1.29, 1.82) is 0 Å². The number of carbonyl (C=O) groups excluding carboxylic acids is 3. The standard InChI is InChI=1S/C59H100O6/c1-4-7-10-13-16-19-22-24-26-28-29-31-33-35-38-41-44-47-50-53-59(62)65-56(54-63-57(60)51-48-45-42-39-36-21-18-15-12-9-6-3)55-64-58(61)52-49-46-43-40-37-34-32-30-27-25-23-20-17-14-11-8-5-2/h8,11,15,17-18,20,24-27,32,34,40,43,56H,4-7,9-10,12-14,16,19,21-23,28-31,33,35-39,41-42,44-55H2,1-3H3/b11-8-,18-15-,20-17-,26-24-,27-25-,34-32-,43-40-/t56-/m0/s1. The molecule has 0 aliphatic heterocycles. The molecule has 6 heteroatoms. The summed E-state index contributed by atoms with van der Waals surface area (Å²) in [6.45, 7) is 6.43. The lowest BCUT2D eigenvalue weighted by Gasteiger charge is -2.18. The molecule has 0 rings (SSSR count). The Balaban J connectivity index is 4.44. The lowest BCUT2D eigenvalue weighted by atomic mass is 10.1. The Morgan fingerprint density at radius 1 is 0.323 bits per heavy atom. The Bertz CT molecular complexity index is 1270. The highest BCUT2D eigenvalue weighted by Crippen LogP contribution is 2.14. The average Bonchev–Trinajstić information content (AvgIpc) is 3.30. The van der Waals surface area contributed by atoms with Crippen molar-refractivity contribution >= 4 is 17.9 Å². The quantitative estimate of drug-likeness (QED) is 0.0262. The predicted octanol–water partition coefficient (Wildman–Crippen LogP) is 18.0. The van der Waals surface area contributed by atoms with Gasteiger partial charge in [0.25, 0.3) is 0 Å². The predicted molar refractivity (Wildman–Crippen MR) is 279 cm³/mol. The van der Waals surface area contributed by atoms with E-state index in [2.05, 4.69) is 106 Å². The molecule has 1 atom stereocenters. The van der Waals surface area contributed by atoms with Gasteiger partial charge in [-0.15, -0.1) is 0 Å². The zero-order chi connectivity index (χ0) is 47.2. The fourth-order valence-corrected chi connectivity index (χ4v) is 7.28. The van der Waals surface area contributed by atoms with E-state index >= 15 is 0 Å². The summed E-state index contributed by atoms with van der Waals surface area (Å²) in [6.07, 6.45) is 68.6. The van der Waals surface area contributed by atoms with E-state index in [1.165, 1.54) is 116 Å². The third-order valence-electron chi connectivity index (χ3n) is 11.4. The fraction of sp³-hybridized carbons (Fsp3) is 0.712. The van der Waals surface area contributed by atoms with Gasteiger partial charge in [-0.25, -0.2) is 0 Å². The Kier molecular flexibility index (Phi) is 50.4. The van der Waals surface area contributed by atoms with Crippen LogP contribution >= 0.6 is 0 Å².